The van der Waals surface area contributed by atoms with E-state index in [0.29, 0.717) is 6.61 Å². The molecule has 0 unspecified atom stereocenters. The summed E-state index contributed by atoms with van der Waals surface area (Å²) < 4.78 is 4.88. The van der Waals surface area contributed by atoms with Gasteiger partial charge in [0.2, 0.25) is 0 Å². The predicted octanol–water partition coefficient (Wildman–Crippen LogP) is 1.69. The first-order chi connectivity index (χ1) is 8.07. The summed E-state index contributed by atoms with van der Waals surface area (Å²) in [6.07, 6.45) is 6.27. The lowest BCUT2D eigenvalue weighted by molar-refractivity contribution is -0.149. The Kier molecular flexibility index (Phi) is 9.43. The third kappa shape index (κ3) is 9.81. The fourth-order valence-corrected chi connectivity index (χ4v) is 1.43. The summed E-state index contributed by atoms with van der Waals surface area (Å²) in [5.41, 5.74) is 5.34. The zero-order chi connectivity index (χ0) is 13.1. The van der Waals surface area contributed by atoms with E-state index in [9.17, 15) is 9.59 Å². The highest BCUT2D eigenvalue weighted by Gasteiger charge is 2.17. The molecule has 0 aromatic carbocycles. The normalized spacial score (nSPS) is 12.1. The van der Waals surface area contributed by atoms with E-state index in [1.54, 1.807) is 0 Å². The summed E-state index contributed by atoms with van der Waals surface area (Å²) in [5.74, 6) is -1.71. The largest absolute Gasteiger partial charge is 0.481 e. The number of nitrogens with two attached hydrogens (primary N) is 1. The molecule has 0 heterocycles. The smallest absolute Gasteiger partial charge is 0.323 e. The van der Waals surface area contributed by atoms with Crippen LogP contribution in [0.3, 0.4) is 0 Å². The van der Waals surface area contributed by atoms with Gasteiger partial charge in [-0.05, 0) is 6.42 Å². The van der Waals surface area contributed by atoms with Gasteiger partial charge in [-0.1, -0.05) is 39.0 Å². The highest BCUT2D eigenvalue weighted by Crippen LogP contribution is 2.05. The Morgan fingerprint density at radius 1 is 1.18 bits per heavy atom. The second-order valence-electron chi connectivity index (χ2n) is 4.14. The molecule has 0 aliphatic heterocycles. The maximum absolute atomic E-state index is 11.2. The van der Waals surface area contributed by atoms with Crippen LogP contribution in [-0.4, -0.2) is 29.7 Å². The molecule has 0 radical (unpaired) electrons. The molecular formula is C12H23NO4. The van der Waals surface area contributed by atoms with E-state index in [2.05, 4.69) is 6.92 Å². The van der Waals surface area contributed by atoms with Gasteiger partial charge < -0.3 is 15.6 Å². The minimum atomic E-state index is -1.09. The molecule has 0 amide bonds. The lowest BCUT2D eigenvalue weighted by Gasteiger charge is -2.09. The molecule has 0 aliphatic rings. The molecular weight excluding hydrogens is 222 g/mol. The van der Waals surface area contributed by atoms with Crippen LogP contribution in [-0.2, 0) is 14.3 Å². The molecule has 100 valence electrons. The first-order valence-electron chi connectivity index (χ1n) is 6.22. The van der Waals surface area contributed by atoms with E-state index in [4.69, 9.17) is 15.6 Å². The van der Waals surface area contributed by atoms with Gasteiger partial charge in [-0.2, -0.15) is 0 Å². The molecule has 0 saturated heterocycles. The molecule has 1 atom stereocenters. The van der Waals surface area contributed by atoms with Crippen molar-refractivity contribution in [2.75, 3.05) is 6.61 Å². The van der Waals surface area contributed by atoms with Crippen LogP contribution in [0, 0.1) is 0 Å². The van der Waals surface area contributed by atoms with Crippen molar-refractivity contribution >= 4 is 11.9 Å². The van der Waals surface area contributed by atoms with Crippen molar-refractivity contribution in [1.82, 2.24) is 0 Å². The van der Waals surface area contributed by atoms with Gasteiger partial charge in [0.05, 0.1) is 13.0 Å². The van der Waals surface area contributed by atoms with E-state index in [0.717, 1.165) is 19.3 Å². The topological polar surface area (TPSA) is 89.6 Å². The van der Waals surface area contributed by atoms with Gasteiger partial charge in [0.15, 0.2) is 0 Å². The fraction of sp³-hybridized carbons (Fsp3) is 0.833. The van der Waals surface area contributed by atoms with Crippen molar-refractivity contribution in [3.8, 4) is 0 Å². The highest BCUT2D eigenvalue weighted by molar-refractivity contribution is 5.81. The van der Waals surface area contributed by atoms with Crippen molar-refractivity contribution in [3.05, 3.63) is 0 Å². The molecule has 0 fully saturated rings. The summed E-state index contributed by atoms with van der Waals surface area (Å²) >= 11 is 0. The molecule has 5 heteroatoms. The van der Waals surface area contributed by atoms with Gasteiger partial charge in [0.25, 0.3) is 0 Å². The van der Waals surface area contributed by atoms with E-state index in [1.807, 2.05) is 0 Å². The molecule has 5 nitrogen and oxygen atoms in total. The number of carboxylic acids is 1. The van der Waals surface area contributed by atoms with Crippen molar-refractivity contribution in [2.45, 2.75) is 57.9 Å². The van der Waals surface area contributed by atoms with Crippen LogP contribution < -0.4 is 5.73 Å². The van der Waals surface area contributed by atoms with Crippen molar-refractivity contribution in [1.29, 1.82) is 0 Å². The highest BCUT2D eigenvalue weighted by atomic mass is 16.5. The summed E-state index contributed by atoms with van der Waals surface area (Å²) in [6, 6.07) is -1.05. The van der Waals surface area contributed by atoms with Crippen LogP contribution in [0.5, 0.6) is 0 Å². The van der Waals surface area contributed by atoms with Crippen LogP contribution in [0.25, 0.3) is 0 Å². The molecule has 0 spiro atoms. The third-order valence-electron chi connectivity index (χ3n) is 2.44. The quantitative estimate of drug-likeness (QED) is 0.451. The SMILES string of the molecule is CCCCCCCCOC(=O)[C@@H](N)CC(=O)O. The second kappa shape index (κ2) is 10.1. The Morgan fingerprint density at radius 3 is 2.35 bits per heavy atom. The predicted molar refractivity (Wildman–Crippen MR) is 64.6 cm³/mol. The van der Waals surface area contributed by atoms with Crippen molar-refractivity contribution in [2.24, 2.45) is 5.73 Å². The number of rotatable bonds is 10. The number of hydrogen-bond acceptors (Lipinski definition) is 4. The number of esters is 1. The summed E-state index contributed by atoms with van der Waals surface area (Å²) in [6.45, 7) is 2.49. The average molecular weight is 245 g/mol. The number of unbranched alkanes of at least 4 members (excludes halogenated alkanes) is 5. The standard InChI is InChI=1S/C12H23NO4/c1-2-3-4-5-6-7-8-17-12(16)10(13)9-11(14)15/h10H,2-9,13H2,1H3,(H,14,15)/t10-/m0/s1. The van der Waals surface area contributed by atoms with Crippen LogP contribution >= 0.6 is 0 Å². The van der Waals surface area contributed by atoms with Crippen molar-refractivity contribution < 1.29 is 19.4 Å². The number of hydrogen-bond donors (Lipinski definition) is 2. The van der Waals surface area contributed by atoms with E-state index >= 15 is 0 Å². The minimum Gasteiger partial charge on any atom is -0.481 e. The van der Waals surface area contributed by atoms with Crippen LogP contribution in [0.2, 0.25) is 0 Å². The number of carbonyl (C=O) groups excluding carboxylic acids is 1. The number of aliphatic carboxylic acids is 1. The Morgan fingerprint density at radius 2 is 1.76 bits per heavy atom. The molecule has 0 aromatic rings. The molecule has 3 N–H and O–H groups in total. The Labute approximate surface area is 102 Å². The van der Waals surface area contributed by atoms with Gasteiger partial charge in [0.1, 0.15) is 6.04 Å². The summed E-state index contributed by atoms with van der Waals surface area (Å²) in [7, 11) is 0. The molecule has 0 saturated carbocycles. The third-order valence-corrected chi connectivity index (χ3v) is 2.44. The fourth-order valence-electron chi connectivity index (χ4n) is 1.43. The van der Waals surface area contributed by atoms with Crippen LogP contribution in [0.1, 0.15) is 51.9 Å². The number of carboxylic acid groups (broad SMARTS) is 1. The number of carbonyl (C=O) groups is 2. The second-order valence-corrected chi connectivity index (χ2v) is 4.14. The zero-order valence-corrected chi connectivity index (χ0v) is 10.5. The van der Waals surface area contributed by atoms with Gasteiger partial charge in [-0.25, -0.2) is 0 Å². The molecule has 0 aromatic heterocycles. The van der Waals surface area contributed by atoms with Gasteiger partial charge >= 0.3 is 11.9 Å². The first-order valence-corrected chi connectivity index (χ1v) is 6.22. The van der Waals surface area contributed by atoms with Gasteiger partial charge in [-0.15, -0.1) is 0 Å². The lowest BCUT2D eigenvalue weighted by atomic mass is 10.1. The minimum absolute atomic E-state index is 0.332. The Hall–Kier alpha value is -1.10. The number of ether oxygens (including phenoxy) is 1. The maximum Gasteiger partial charge on any atom is 0.323 e. The summed E-state index contributed by atoms with van der Waals surface area (Å²) in [5, 5.41) is 8.44. The molecule has 17 heavy (non-hydrogen) atoms. The summed E-state index contributed by atoms with van der Waals surface area (Å²) in [4.78, 5) is 21.5. The molecule has 0 bridgehead atoms. The average Bonchev–Trinajstić information content (AvgIpc) is 2.26. The molecule has 0 rings (SSSR count). The lowest BCUT2D eigenvalue weighted by Crippen LogP contribution is -2.34. The Bertz CT molecular complexity index is 231. The monoisotopic (exact) mass is 245 g/mol. The maximum atomic E-state index is 11.2. The van der Waals surface area contributed by atoms with Gasteiger partial charge in [-0.3, -0.25) is 9.59 Å². The van der Waals surface area contributed by atoms with E-state index < -0.39 is 18.0 Å². The van der Waals surface area contributed by atoms with Crippen molar-refractivity contribution in [3.63, 3.8) is 0 Å². The van der Waals surface area contributed by atoms with Crippen LogP contribution in [0.4, 0.5) is 0 Å². The molecule has 0 aliphatic carbocycles. The zero-order valence-electron chi connectivity index (χ0n) is 10.5. The van der Waals surface area contributed by atoms with Gasteiger partial charge in [0, 0.05) is 0 Å². The van der Waals surface area contributed by atoms with E-state index in [1.165, 1.54) is 19.3 Å². The van der Waals surface area contributed by atoms with Crippen LogP contribution in [0.15, 0.2) is 0 Å². The Balaban J connectivity index is 3.41. The van der Waals surface area contributed by atoms with E-state index in [-0.39, 0.29) is 6.42 Å². The first kappa shape index (κ1) is 15.9.